The molecule has 0 radical (unpaired) electrons. The van der Waals surface area contributed by atoms with E-state index in [1.807, 2.05) is 13.0 Å². The molecule has 20 heavy (non-hydrogen) atoms. The molecular formula is C15H14BrF2NO. The predicted molar refractivity (Wildman–Crippen MR) is 77.8 cm³/mol. The summed E-state index contributed by atoms with van der Waals surface area (Å²) in [5, 5.41) is 0. The molecule has 0 spiro atoms. The fourth-order valence-electron chi connectivity index (χ4n) is 2.10. The van der Waals surface area contributed by atoms with Gasteiger partial charge in [-0.2, -0.15) is 0 Å². The van der Waals surface area contributed by atoms with Crippen LogP contribution >= 0.6 is 15.9 Å². The van der Waals surface area contributed by atoms with E-state index < -0.39 is 17.7 Å². The molecule has 106 valence electrons. The molecule has 1 unspecified atom stereocenters. The summed E-state index contributed by atoms with van der Waals surface area (Å²) < 4.78 is 33.5. The predicted octanol–water partition coefficient (Wildman–Crippen LogP) is 4.09. The average Bonchev–Trinajstić information content (AvgIpc) is 2.37. The molecule has 2 nitrogen and oxygen atoms in total. The molecule has 1 atom stereocenters. The standard InChI is InChI=1S/C15H14BrF2NO/c1-8-3-4-13(20-2)10(5-8)15(19)14-11(17)6-9(16)7-12(14)18/h3-7,15H,19H2,1-2H3. The number of hydrogen-bond acceptors (Lipinski definition) is 2. The van der Waals surface area contributed by atoms with Crippen LogP contribution in [0.15, 0.2) is 34.8 Å². The highest BCUT2D eigenvalue weighted by Gasteiger charge is 2.22. The lowest BCUT2D eigenvalue weighted by Crippen LogP contribution is -2.17. The van der Waals surface area contributed by atoms with Crippen molar-refractivity contribution >= 4 is 15.9 Å². The van der Waals surface area contributed by atoms with E-state index in [-0.39, 0.29) is 5.56 Å². The van der Waals surface area contributed by atoms with E-state index in [0.717, 1.165) is 5.56 Å². The molecule has 0 aliphatic heterocycles. The van der Waals surface area contributed by atoms with Crippen molar-refractivity contribution < 1.29 is 13.5 Å². The monoisotopic (exact) mass is 341 g/mol. The van der Waals surface area contributed by atoms with E-state index in [0.29, 0.717) is 15.8 Å². The van der Waals surface area contributed by atoms with Crippen LogP contribution in [0, 0.1) is 18.6 Å². The molecule has 0 aliphatic carbocycles. The topological polar surface area (TPSA) is 35.2 Å². The van der Waals surface area contributed by atoms with Crippen LogP contribution in [0.4, 0.5) is 8.78 Å². The van der Waals surface area contributed by atoms with Gasteiger partial charge in [-0.1, -0.05) is 33.6 Å². The minimum Gasteiger partial charge on any atom is -0.496 e. The van der Waals surface area contributed by atoms with Crippen molar-refractivity contribution in [1.29, 1.82) is 0 Å². The number of halogens is 3. The zero-order valence-electron chi connectivity index (χ0n) is 11.1. The minimum absolute atomic E-state index is 0.169. The Bertz CT molecular complexity index is 623. The highest BCUT2D eigenvalue weighted by Crippen LogP contribution is 2.33. The van der Waals surface area contributed by atoms with Gasteiger partial charge in [0.15, 0.2) is 0 Å². The van der Waals surface area contributed by atoms with Gasteiger partial charge in [-0.15, -0.1) is 0 Å². The number of hydrogen-bond donors (Lipinski definition) is 1. The third kappa shape index (κ3) is 2.83. The first kappa shape index (κ1) is 14.9. The fraction of sp³-hybridized carbons (Fsp3) is 0.200. The summed E-state index contributed by atoms with van der Waals surface area (Å²) in [5.74, 6) is -0.870. The quantitative estimate of drug-likeness (QED) is 0.912. The molecule has 0 fully saturated rings. The van der Waals surface area contributed by atoms with E-state index >= 15 is 0 Å². The lowest BCUT2D eigenvalue weighted by Gasteiger charge is -2.18. The molecule has 0 amide bonds. The number of nitrogens with two attached hydrogens (primary N) is 1. The van der Waals surface area contributed by atoms with Gasteiger partial charge in [0.05, 0.1) is 13.2 Å². The highest BCUT2D eigenvalue weighted by molar-refractivity contribution is 9.10. The molecular weight excluding hydrogens is 328 g/mol. The zero-order valence-corrected chi connectivity index (χ0v) is 12.7. The molecule has 2 N–H and O–H groups in total. The molecule has 0 bridgehead atoms. The first-order chi connectivity index (χ1) is 9.43. The molecule has 2 aromatic carbocycles. The van der Waals surface area contributed by atoms with E-state index in [1.54, 1.807) is 12.1 Å². The van der Waals surface area contributed by atoms with Gasteiger partial charge in [-0.05, 0) is 25.1 Å². The number of ether oxygens (including phenoxy) is 1. The smallest absolute Gasteiger partial charge is 0.132 e. The maximum absolute atomic E-state index is 14.0. The number of rotatable bonds is 3. The third-order valence-corrected chi connectivity index (χ3v) is 3.53. The molecule has 0 saturated heterocycles. The summed E-state index contributed by atoms with van der Waals surface area (Å²) in [6.45, 7) is 1.88. The minimum atomic E-state index is -0.932. The maximum Gasteiger partial charge on any atom is 0.132 e. The van der Waals surface area contributed by atoms with Crippen molar-refractivity contribution in [3.05, 3.63) is 63.1 Å². The van der Waals surface area contributed by atoms with E-state index in [4.69, 9.17) is 10.5 Å². The van der Waals surface area contributed by atoms with Crippen LogP contribution in [0.3, 0.4) is 0 Å². The van der Waals surface area contributed by atoms with Crippen molar-refractivity contribution in [2.75, 3.05) is 7.11 Å². The molecule has 0 aliphatic rings. The molecule has 0 saturated carbocycles. The third-order valence-electron chi connectivity index (χ3n) is 3.08. The summed E-state index contributed by atoms with van der Waals surface area (Å²) in [6, 6.07) is 6.81. The lowest BCUT2D eigenvalue weighted by molar-refractivity contribution is 0.406. The van der Waals surface area contributed by atoms with Crippen LogP contribution in [0.25, 0.3) is 0 Å². The van der Waals surface area contributed by atoms with Gasteiger partial charge in [-0.3, -0.25) is 0 Å². The largest absolute Gasteiger partial charge is 0.496 e. The second-order valence-electron chi connectivity index (χ2n) is 4.51. The van der Waals surface area contributed by atoms with E-state index in [1.165, 1.54) is 19.2 Å². The van der Waals surface area contributed by atoms with Gasteiger partial charge >= 0.3 is 0 Å². The van der Waals surface area contributed by atoms with Crippen molar-refractivity contribution in [3.8, 4) is 5.75 Å². The fourth-order valence-corrected chi connectivity index (χ4v) is 2.50. The Balaban J connectivity index is 2.57. The second-order valence-corrected chi connectivity index (χ2v) is 5.42. The van der Waals surface area contributed by atoms with Gasteiger partial charge < -0.3 is 10.5 Å². The van der Waals surface area contributed by atoms with Crippen LogP contribution < -0.4 is 10.5 Å². The number of aryl methyl sites for hydroxylation is 1. The zero-order chi connectivity index (χ0) is 14.9. The van der Waals surface area contributed by atoms with E-state index in [9.17, 15) is 8.78 Å². The van der Waals surface area contributed by atoms with Crippen molar-refractivity contribution in [1.82, 2.24) is 0 Å². The number of benzene rings is 2. The summed E-state index contributed by atoms with van der Waals surface area (Å²) >= 11 is 3.05. The van der Waals surface area contributed by atoms with Crippen molar-refractivity contribution in [2.24, 2.45) is 5.73 Å². The second kappa shape index (κ2) is 5.89. The maximum atomic E-state index is 14.0. The Morgan fingerprint density at radius 3 is 2.30 bits per heavy atom. The van der Waals surface area contributed by atoms with Gasteiger partial charge in [0.1, 0.15) is 17.4 Å². The summed E-state index contributed by atoms with van der Waals surface area (Å²) in [5.41, 5.74) is 7.36. The van der Waals surface area contributed by atoms with Crippen LogP contribution in [0.5, 0.6) is 5.75 Å². The normalized spacial score (nSPS) is 12.3. The highest BCUT2D eigenvalue weighted by atomic mass is 79.9. The Morgan fingerprint density at radius 1 is 1.15 bits per heavy atom. The van der Waals surface area contributed by atoms with Gasteiger partial charge in [0.2, 0.25) is 0 Å². The summed E-state index contributed by atoms with van der Waals surface area (Å²) in [6.07, 6.45) is 0. The Hall–Kier alpha value is -1.46. The molecule has 2 rings (SSSR count). The summed E-state index contributed by atoms with van der Waals surface area (Å²) in [7, 11) is 1.50. The van der Waals surface area contributed by atoms with Crippen LogP contribution in [0.2, 0.25) is 0 Å². The van der Waals surface area contributed by atoms with Crippen LogP contribution in [-0.4, -0.2) is 7.11 Å². The van der Waals surface area contributed by atoms with Gasteiger partial charge in [-0.25, -0.2) is 8.78 Å². The molecule has 5 heteroatoms. The van der Waals surface area contributed by atoms with Crippen molar-refractivity contribution in [2.45, 2.75) is 13.0 Å². The molecule has 2 aromatic rings. The van der Waals surface area contributed by atoms with Crippen LogP contribution in [0.1, 0.15) is 22.7 Å². The van der Waals surface area contributed by atoms with Crippen molar-refractivity contribution in [3.63, 3.8) is 0 Å². The van der Waals surface area contributed by atoms with E-state index in [2.05, 4.69) is 15.9 Å². The Morgan fingerprint density at radius 2 is 1.75 bits per heavy atom. The SMILES string of the molecule is COc1ccc(C)cc1C(N)c1c(F)cc(Br)cc1F. The van der Waals surface area contributed by atoms with Gasteiger partial charge in [0.25, 0.3) is 0 Å². The summed E-state index contributed by atoms with van der Waals surface area (Å²) in [4.78, 5) is 0. The molecule has 0 heterocycles. The Labute approximate surface area is 124 Å². The first-order valence-corrected chi connectivity index (χ1v) is 6.78. The Kier molecular flexibility index (Phi) is 4.40. The lowest BCUT2D eigenvalue weighted by atomic mass is 9.96. The molecule has 0 aromatic heterocycles. The number of methoxy groups -OCH3 is 1. The average molecular weight is 342 g/mol. The first-order valence-electron chi connectivity index (χ1n) is 5.98. The van der Waals surface area contributed by atoms with Crippen LogP contribution in [-0.2, 0) is 0 Å². The van der Waals surface area contributed by atoms with Gasteiger partial charge in [0, 0.05) is 15.6 Å².